The molecular formula is C54H54N2O. The first kappa shape index (κ1) is 38.0. The summed E-state index contributed by atoms with van der Waals surface area (Å²) in [6.45, 7) is 5.04. The summed E-state index contributed by atoms with van der Waals surface area (Å²) in [7, 11) is 2.06. The van der Waals surface area contributed by atoms with Crippen LogP contribution in [0.2, 0.25) is 0 Å². The Morgan fingerprint density at radius 3 is 1.84 bits per heavy atom. The maximum Gasteiger partial charge on any atom is 0.140 e. The third-order valence-corrected chi connectivity index (χ3v) is 12.1. The van der Waals surface area contributed by atoms with Crippen molar-refractivity contribution in [1.29, 1.82) is 0 Å². The van der Waals surface area contributed by atoms with Crippen molar-refractivity contribution in [3.63, 3.8) is 0 Å². The first-order valence-corrected chi connectivity index (χ1v) is 20.8. The molecule has 2 atom stereocenters. The van der Waals surface area contributed by atoms with Crippen LogP contribution in [0.3, 0.4) is 0 Å². The lowest BCUT2D eigenvalue weighted by molar-refractivity contribution is 0.126. The zero-order chi connectivity index (χ0) is 39.2. The Morgan fingerprint density at radius 2 is 1.21 bits per heavy atom. The van der Waals surface area contributed by atoms with E-state index >= 15 is 0 Å². The van der Waals surface area contributed by atoms with Gasteiger partial charge in [-0.05, 0) is 123 Å². The van der Waals surface area contributed by atoms with Crippen LogP contribution in [-0.4, -0.2) is 13.7 Å². The van der Waals surface area contributed by atoms with Crippen molar-refractivity contribution in [3.05, 3.63) is 181 Å². The van der Waals surface area contributed by atoms with E-state index in [0.29, 0.717) is 6.61 Å². The second kappa shape index (κ2) is 17.1. The number of ether oxygens (including phenoxy) is 1. The van der Waals surface area contributed by atoms with Crippen LogP contribution >= 0.6 is 0 Å². The molecule has 0 amide bonds. The van der Waals surface area contributed by atoms with Crippen molar-refractivity contribution in [2.75, 3.05) is 13.7 Å². The second-order valence-electron chi connectivity index (χ2n) is 15.5. The zero-order valence-corrected chi connectivity index (χ0v) is 33.6. The van der Waals surface area contributed by atoms with Crippen LogP contribution in [0.5, 0.6) is 0 Å². The van der Waals surface area contributed by atoms with Gasteiger partial charge in [-0.3, -0.25) is 0 Å². The molecule has 3 nitrogen and oxygen atoms in total. The monoisotopic (exact) mass is 746 g/mol. The predicted molar refractivity (Wildman–Crippen MR) is 244 cm³/mol. The van der Waals surface area contributed by atoms with Gasteiger partial charge in [-0.1, -0.05) is 178 Å². The normalized spacial score (nSPS) is 17.2. The van der Waals surface area contributed by atoms with Crippen LogP contribution < -0.4 is 11.1 Å². The highest BCUT2D eigenvalue weighted by Gasteiger charge is 2.43. The molecule has 1 aliphatic rings. The maximum absolute atomic E-state index is 6.94. The smallest absolute Gasteiger partial charge is 0.140 e. The number of fused-ring (bicyclic) bond motifs is 3. The van der Waals surface area contributed by atoms with E-state index in [0.717, 1.165) is 50.0 Å². The minimum atomic E-state index is -0.577. The first-order chi connectivity index (χ1) is 28.0. The Morgan fingerprint density at radius 1 is 0.649 bits per heavy atom. The Hall–Kier alpha value is -5.90. The highest BCUT2D eigenvalue weighted by atomic mass is 16.5. The van der Waals surface area contributed by atoms with Crippen LogP contribution in [0.25, 0.3) is 65.7 Å². The fraction of sp³-hybridized carbons (Fsp3) is 0.222. The highest BCUT2D eigenvalue weighted by molar-refractivity contribution is 6.13. The molecular weight excluding hydrogens is 693 g/mol. The molecule has 1 heterocycles. The Bertz CT molecular complexity index is 2610. The summed E-state index contributed by atoms with van der Waals surface area (Å²) in [5.41, 5.74) is 15.8. The fourth-order valence-corrected chi connectivity index (χ4v) is 9.22. The zero-order valence-electron chi connectivity index (χ0n) is 33.6. The lowest BCUT2D eigenvalue weighted by Gasteiger charge is -2.42. The minimum Gasteiger partial charge on any atom is -0.490 e. The van der Waals surface area contributed by atoms with Crippen LogP contribution in [0.4, 0.5) is 0 Å². The number of nitrogens with one attached hydrogen (secondary N) is 1. The lowest BCUT2D eigenvalue weighted by Crippen LogP contribution is -2.49. The van der Waals surface area contributed by atoms with Gasteiger partial charge in [0.2, 0.25) is 0 Å². The summed E-state index contributed by atoms with van der Waals surface area (Å²) in [6.07, 6.45) is 14.8. The average molecular weight is 747 g/mol. The summed E-state index contributed by atoms with van der Waals surface area (Å²) < 4.78 is 6.63. The molecule has 8 rings (SSSR count). The standard InChI is InChI=1S/C54H54N2O/c1-4-5-6-9-19-38(2)54(56-3,53-52(55)28-10-7-8-17-37-57-53)41-31-29-40(30-32-41)43-33-34-50(46-24-14-13-23-44(43)46)51-36-35-49(47-25-15-16-26-48(47)51)45-27-18-21-39-20-11-12-22-42(39)45/h5-6,8,11-18,20-27,29-36,38,56H,4,7,9-10,19,28,37,55H2,1-3H3/b6-5-,17-8-,53-52+. The van der Waals surface area contributed by atoms with E-state index in [2.05, 4.69) is 190 Å². The van der Waals surface area contributed by atoms with E-state index in [4.69, 9.17) is 10.5 Å². The maximum atomic E-state index is 6.94. The topological polar surface area (TPSA) is 47.3 Å². The molecule has 3 heteroatoms. The predicted octanol–water partition coefficient (Wildman–Crippen LogP) is 13.9. The van der Waals surface area contributed by atoms with Crippen LogP contribution in [-0.2, 0) is 10.3 Å². The molecule has 286 valence electrons. The van der Waals surface area contributed by atoms with Gasteiger partial charge in [0.25, 0.3) is 0 Å². The largest absolute Gasteiger partial charge is 0.490 e. The van der Waals surface area contributed by atoms with Crippen molar-refractivity contribution < 1.29 is 4.74 Å². The average Bonchev–Trinajstić information content (AvgIpc) is 3.37. The molecule has 1 aliphatic heterocycles. The van der Waals surface area contributed by atoms with Crippen LogP contribution in [0.1, 0.15) is 57.9 Å². The Labute approximate surface area is 338 Å². The van der Waals surface area contributed by atoms with E-state index in [1.165, 1.54) is 71.3 Å². The molecule has 0 saturated carbocycles. The number of nitrogens with two attached hydrogens (primary N) is 1. The van der Waals surface area contributed by atoms with Crippen molar-refractivity contribution in [1.82, 2.24) is 5.32 Å². The minimum absolute atomic E-state index is 0.218. The fourth-order valence-electron chi connectivity index (χ4n) is 9.22. The molecule has 0 aromatic heterocycles. The van der Waals surface area contributed by atoms with Crippen LogP contribution in [0.15, 0.2) is 175 Å². The van der Waals surface area contributed by atoms with Gasteiger partial charge >= 0.3 is 0 Å². The molecule has 0 radical (unpaired) electrons. The molecule has 7 aromatic rings. The third kappa shape index (κ3) is 7.29. The third-order valence-electron chi connectivity index (χ3n) is 12.1. The Balaban J connectivity index is 1.21. The number of benzene rings is 7. The van der Waals surface area contributed by atoms with Gasteiger partial charge in [-0.25, -0.2) is 0 Å². The summed E-state index contributed by atoms with van der Waals surface area (Å²) >= 11 is 0. The number of rotatable bonds is 11. The highest BCUT2D eigenvalue weighted by Crippen LogP contribution is 2.44. The number of hydrogen-bond donors (Lipinski definition) is 2. The van der Waals surface area contributed by atoms with Gasteiger partial charge in [0.1, 0.15) is 17.9 Å². The van der Waals surface area contributed by atoms with Gasteiger partial charge in [-0.2, -0.15) is 0 Å². The number of likely N-dealkylation sites (N-methyl/N-ethyl adjacent to an activating group) is 1. The van der Waals surface area contributed by atoms with Gasteiger partial charge in [0.15, 0.2) is 0 Å². The Kier molecular flexibility index (Phi) is 11.4. The molecule has 0 spiro atoms. The van der Waals surface area contributed by atoms with E-state index in [-0.39, 0.29) is 5.92 Å². The molecule has 0 aliphatic carbocycles. The van der Waals surface area contributed by atoms with Gasteiger partial charge in [-0.15, -0.1) is 0 Å². The van der Waals surface area contributed by atoms with E-state index < -0.39 is 5.54 Å². The van der Waals surface area contributed by atoms with Gasteiger partial charge < -0.3 is 15.8 Å². The number of allylic oxidation sites excluding steroid dienone is 4. The molecule has 7 aromatic carbocycles. The van der Waals surface area contributed by atoms with E-state index in [9.17, 15) is 0 Å². The van der Waals surface area contributed by atoms with Crippen molar-refractivity contribution in [2.24, 2.45) is 11.7 Å². The molecule has 0 fully saturated rings. The molecule has 57 heavy (non-hydrogen) atoms. The van der Waals surface area contributed by atoms with Crippen molar-refractivity contribution in [2.45, 2.75) is 57.9 Å². The summed E-state index contributed by atoms with van der Waals surface area (Å²) in [4.78, 5) is 0. The molecule has 0 saturated heterocycles. The van der Waals surface area contributed by atoms with Crippen LogP contribution in [0, 0.1) is 5.92 Å². The SMILES string of the molecule is CC/C=C\CCC(C)C(NC)(/C1=C(\N)CCC/C=C\CO1)c1ccc(-c2ccc(-c3ccc(-c4cccc5ccccc45)c4ccccc34)c3ccccc23)cc1. The van der Waals surface area contributed by atoms with Crippen molar-refractivity contribution >= 4 is 32.3 Å². The molecule has 2 unspecified atom stereocenters. The van der Waals surface area contributed by atoms with Crippen molar-refractivity contribution in [3.8, 4) is 33.4 Å². The lowest BCUT2D eigenvalue weighted by atomic mass is 9.74. The first-order valence-electron chi connectivity index (χ1n) is 20.8. The molecule has 0 bridgehead atoms. The van der Waals surface area contributed by atoms with E-state index in [1.54, 1.807) is 0 Å². The van der Waals surface area contributed by atoms with E-state index in [1.807, 2.05) is 0 Å². The van der Waals surface area contributed by atoms with Gasteiger partial charge in [0, 0.05) is 5.70 Å². The summed E-state index contributed by atoms with van der Waals surface area (Å²) in [5, 5.41) is 11.3. The number of hydrogen-bond acceptors (Lipinski definition) is 3. The molecule has 3 N–H and O–H groups in total. The quantitative estimate of drug-likeness (QED) is 0.130. The summed E-state index contributed by atoms with van der Waals surface area (Å²) in [5.74, 6) is 1.08. The van der Waals surface area contributed by atoms with Gasteiger partial charge in [0.05, 0.1) is 0 Å². The summed E-state index contributed by atoms with van der Waals surface area (Å²) in [6, 6.07) is 51.4. The second-order valence-corrected chi connectivity index (χ2v) is 15.5.